The van der Waals surface area contributed by atoms with Crippen LogP contribution in [0.3, 0.4) is 0 Å². The number of amides is 1. The highest BCUT2D eigenvalue weighted by Crippen LogP contribution is 2.33. The number of rotatable bonds is 6. The summed E-state index contributed by atoms with van der Waals surface area (Å²) in [6.07, 6.45) is -1.79. The van der Waals surface area contributed by atoms with Gasteiger partial charge in [-0.25, -0.2) is 0 Å². The molecule has 0 fully saturated rings. The smallest absolute Gasteiger partial charge is 0.352 e. The Hall–Kier alpha value is -1.04. The number of halogens is 4. The van der Waals surface area contributed by atoms with Crippen molar-refractivity contribution in [1.29, 1.82) is 0 Å². The van der Waals surface area contributed by atoms with Crippen molar-refractivity contribution in [3.05, 3.63) is 33.8 Å². The standard InChI is InChI=1S/C15H19BrF3NO/c1-10(2)5-3-4-8-20-14(21)12-7-6-11(16)9-13(12)15(17,18)19/h6-7,9-10H,3-5,8H2,1-2H3,(H,20,21). The van der Waals surface area contributed by atoms with E-state index in [1.165, 1.54) is 12.1 Å². The zero-order valence-electron chi connectivity index (χ0n) is 12.1. The van der Waals surface area contributed by atoms with Crippen molar-refractivity contribution in [2.24, 2.45) is 5.92 Å². The molecule has 1 amide bonds. The van der Waals surface area contributed by atoms with Crippen LogP contribution in [0.4, 0.5) is 13.2 Å². The van der Waals surface area contributed by atoms with Crippen molar-refractivity contribution in [2.75, 3.05) is 6.54 Å². The van der Waals surface area contributed by atoms with Crippen molar-refractivity contribution >= 4 is 21.8 Å². The Morgan fingerprint density at radius 2 is 1.95 bits per heavy atom. The Morgan fingerprint density at radius 3 is 2.52 bits per heavy atom. The highest BCUT2D eigenvalue weighted by atomic mass is 79.9. The fourth-order valence-electron chi connectivity index (χ4n) is 1.92. The van der Waals surface area contributed by atoms with Crippen LogP contribution in [-0.4, -0.2) is 12.5 Å². The SMILES string of the molecule is CC(C)CCCCNC(=O)c1ccc(Br)cc1C(F)(F)F. The molecule has 1 N–H and O–H groups in total. The molecule has 1 aromatic rings. The van der Waals surface area contributed by atoms with Crippen LogP contribution in [0.1, 0.15) is 49.0 Å². The highest BCUT2D eigenvalue weighted by molar-refractivity contribution is 9.10. The molecule has 0 heterocycles. The number of nitrogens with one attached hydrogen (secondary N) is 1. The lowest BCUT2D eigenvalue weighted by molar-refractivity contribution is -0.138. The molecule has 0 atom stereocenters. The number of alkyl halides is 3. The Labute approximate surface area is 131 Å². The normalized spacial score (nSPS) is 11.8. The lowest BCUT2D eigenvalue weighted by atomic mass is 10.1. The predicted molar refractivity (Wildman–Crippen MR) is 80.2 cm³/mol. The fourth-order valence-corrected chi connectivity index (χ4v) is 2.28. The van der Waals surface area contributed by atoms with E-state index in [4.69, 9.17) is 0 Å². The van der Waals surface area contributed by atoms with E-state index in [1.54, 1.807) is 0 Å². The quantitative estimate of drug-likeness (QED) is 0.704. The molecular formula is C15H19BrF3NO. The van der Waals surface area contributed by atoms with E-state index < -0.39 is 17.6 Å². The van der Waals surface area contributed by atoms with Gasteiger partial charge in [-0.2, -0.15) is 13.2 Å². The average molecular weight is 366 g/mol. The summed E-state index contributed by atoms with van der Waals surface area (Å²) in [5.41, 5.74) is -1.26. The van der Waals surface area contributed by atoms with E-state index in [9.17, 15) is 18.0 Å². The molecule has 0 spiro atoms. The third-order valence-corrected chi connectivity index (χ3v) is 3.52. The molecule has 0 saturated heterocycles. The van der Waals surface area contributed by atoms with Gasteiger partial charge in [-0.3, -0.25) is 4.79 Å². The third kappa shape index (κ3) is 6.08. The first kappa shape index (κ1) is 18.0. The van der Waals surface area contributed by atoms with Gasteiger partial charge in [0.2, 0.25) is 0 Å². The zero-order valence-corrected chi connectivity index (χ0v) is 13.6. The monoisotopic (exact) mass is 365 g/mol. The predicted octanol–water partition coefficient (Wildman–Crippen LogP) is 5.02. The van der Waals surface area contributed by atoms with Crippen molar-refractivity contribution in [3.8, 4) is 0 Å². The van der Waals surface area contributed by atoms with Crippen molar-refractivity contribution in [2.45, 2.75) is 39.3 Å². The maximum atomic E-state index is 12.9. The van der Waals surface area contributed by atoms with Crippen LogP contribution >= 0.6 is 15.9 Å². The lowest BCUT2D eigenvalue weighted by Gasteiger charge is -2.13. The second-order valence-corrected chi connectivity index (χ2v) is 6.25. The number of carbonyl (C=O) groups is 1. The first-order chi connectivity index (χ1) is 9.71. The summed E-state index contributed by atoms with van der Waals surface area (Å²) in [7, 11) is 0. The summed E-state index contributed by atoms with van der Waals surface area (Å²) in [4.78, 5) is 11.9. The van der Waals surface area contributed by atoms with Gasteiger partial charge in [0.1, 0.15) is 0 Å². The minimum absolute atomic E-state index is 0.295. The maximum absolute atomic E-state index is 12.9. The molecule has 1 aromatic carbocycles. The van der Waals surface area contributed by atoms with Gasteiger partial charge in [0.25, 0.3) is 5.91 Å². The first-order valence-corrected chi connectivity index (χ1v) is 7.66. The summed E-state index contributed by atoms with van der Waals surface area (Å²) in [5, 5.41) is 2.55. The number of benzene rings is 1. The summed E-state index contributed by atoms with van der Waals surface area (Å²) in [5.74, 6) is -0.0941. The maximum Gasteiger partial charge on any atom is 0.417 e. The number of hydrogen-bond acceptors (Lipinski definition) is 1. The molecule has 118 valence electrons. The summed E-state index contributed by atoms with van der Waals surface area (Å²) in [6.45, 7) is 4.60. The summed E-state index contributed by atoms with van der Waals surface area (Å²) in [6, 6.07) is 3.55. The van der Waals surface area contributed by atoms with E-state index in [0.29, 0.717) is 16.9 Å². The van der Waals surface area contributed by atoms with Crippen LogP contribution < -0.4 is 5.32 Å². The largest absolute Gasteiger partial charge is 0.417 e. The van der Waals surface area contributed by atoms with Crippen LogP contribution in [0.15, 0.2) is 22.7 Å². The lowest BCUT2D eigenvalue weighted by Crippen LogP contribution is -2.27. The first-order valence-electron chi connectivity index (χ1n) is 6.86. The van der Waals surface area contributed by atoms with Crippen LogP contribution in [0.25, 0.3) is 0 Å². The number of carbonyl (C=O) groups excluding carboxylic acids is 1. The molecule has 0 radical (unpaired) electrons. The van der Waals surface area contributed by atoms with Crippen LogP contribution in [0.5, 0.6) is 0 Å². The Bertz CT molecular complexity index is 486. The Morgan fingerprint density at radius 1 is 1.29 bits per heavy atom. The van der Waals surface area contributed by atoms with Crippen molar-refractivity contribution in [1.82, 2.24) is 5.32 Å². The molecular weight excluding hydrogens is 347 g/mol. The molecule has 1 rings (SSSR count). The average Bonchev–Trinajstić information content (AvgIpc) is 2.36. The van der Waals surface area contributed by atoms with E-state index in [0.717, 1.165) is 25.3 Å². The number of unbranched alkanes of at least 4 members (excludes halogenated alkanes) is 1. The zero-order chi connectivity index (χ0) is 16.0. The van der Waals surface area contributed by atoms with Crippen molar-refractivity contribution in [3.63, 3.8) is 0 Å². The van der Waals surface area contributed by atoms with Crippen LogP contribution in [-0.2, 0) is 6.18 Å². The summed E-state index contributed by atoms with van der Waals surface area (Å²) >= 11 is 2.99. The van der Waals surface area contributed by atoms with Crippen LogP contribution in [0.2, 0.25) is 0 Å². The minimum Gasteiger partial charge on any atom is -0.352 e. The van der Waals surface area contributed by atoms with Gasteiger partial charge < -0.3 is 5.32 Å². The molecule has 0 aliphatic carbocycles. The molecule has 0 saturated carbocycles. The van der Waals surface area contributed by atoms with E-state index in [1.807, 2.05) is 0 Å². The Kier molecular flexibility index (Phi) is 6.71. The topological polar surface area (TPSA) is 29.1 Å². The van der Waals surface area contributed by atoms with Gasteiger partial charge in [0.15, 0.2) is 0 Å². The molecule has 0 aliphatic heterocycles. The second kappa shape index (κ2) is 7.82. The van der Waals surface area contributed by atoms with Gasteiger partial charge in [-0.05, 0) is 30.5 Å². The molecule has 21 heavy (non-hydrogen) atoms. The number of hydrogen-bond donors (Lipinski definition) is 1. The molecule has 6 heteroatoms. The molecule has 0 aromatic heterocycles. The molecule has 2 nitrogen and oxygen atoms in total. The molecule has 0 bridgehead atoms. The highest BCUT2D eigenvalue weighted by Gasteiger charge is 2.35. The van der Waals surface area contributed by atoms with Gasteiger partial charge in [0, 0.05) is 11.0 Å². The fraction of sp³-hybridized carbons (Fsp3) is 0.533. The third-order valence-electron chi connectivity index (χ3n) is 3.03. The van der Waals surface area contributed by atoms with Gasteiger partial charge in [-0.1, -0.05) is 42.6 Å². The summed E-state index contributed by atoms with van der Waals surface area (Å²) < 4.78 is 39.1. The second-order valence-electron chi connectivity index (χ2n) is 5.33. The van der Waals surface area contributed by atoms with Gasteiger partial charge >= 0.3 is 6.18 Å². The molecule has 0 unspecified atom stereocenters. The van der Waals surface area contributed by atoms with Gasteiger partial charge in [0.05, 0.1) is 11.1 Å². The minimum atomic E-state index is -4.55. The van der Waals surface area contributed by atoms with Crippen molar-refractivity contribution < 1.29 is 18.0 Å². The van der Waals surface area contributed by atoms with Crippen LogP contribution in [0, 0.1) is 5.92 Å². The van der Waals surface area contributed by atoms with E-state index >= 15 is 0 Å². The van der Waals surface area contributed by atoms with E-state index in [2.05, 4.69) is 35.1 Å². The van der Waals surface area contributed by atoms with E-state index in [-0.39, 0.29) is 5.56 Å². The molecule has 0 aliphatic rings. The van der Waals surface area contributed by atoms with Gasteiger partial charge in [-0.15, -0.1) is 0 Å². The Balaban J connectivity index is 2.66.